The van der Waals surface area contributed by atoms with Gasteiger partial charge in [0, 0.05) is 24.7 Å². The largest absolute Gasteiger partial charge is 0.310 e. The molecule has 1 aromatic rings. The molecular weight excluding hydrogens is 246 g/mol. The highest BCUT2D eigenvalue weighted by atomic mass is 19.3. The lowest BCUT2D eigenvalue weighted by atomic mass is 10.1. The third-order valence-electron chi connectivity index (χ3n) is 3.53. The second-order valence-corrected chi connectivity index (χ2v) is 4.99. The van der Waals surface area contributed by atoms with Gasteiger partial charge in [-0.3, -0.25) is 0 Å². The molecule has 0 heterocycles. The van der Waals surface area contributed by atoms with Crippen LogP contribution in [0.25, 0.3) is 0 Å². The molecule has 0 saturated heterocycles. The molecule has 4 heteroatoms. The molecule has 1 N–H and O–H groups in total. The summed E-state index contributed by atoms with van der Waals surface area (Å²) in [6, 6.07) is 8.44. The summed E-state index contributed by atoms with van der Waals surface area (Å²) in [5, 5.41) is 2.84. The number of benzene rings is 1. The number of hydrogen-bond donors (Lipinski definition) is 1. The van der Waals surface area contributed by atoms with Gasteiger partial charge in [0.05, 0.1) is 6.54 Å². The Bertz CT molecular complexity index is 354. The van der Waals surface area contributed by atoms with Crippen molar-refractivity contribution in [3.63, 3.8) is 0 Å². The zero-order valence-electron chi connectivity index (χ0n) is 12.0. The SMILES string of the molecule is CCC(C)N(C)CCNCC(F)(F)c1ccccc1. The number of halogens is 2. The number of nitrogens with zero attached hydrogens (tertiary/aromatic N) is 1. The normalized spacial score (nSPS) is 13.8. The molecule has 0 aromatic heterocycles. The maximum Gasteiger partial charge on any atom is 0.285 e. The van der Waals surface area contributed by atoms with Crippen molar-refractivity contribution in [2.75, 3.05) is 26.7 Å². The molecule has 0 bridgehead atoms. The fourth-order valence-electron chi connectivity index (χ4n) is 1.82. The van der Waals surface area contributed by atoms with E-state index in [-0.39, 0.29) is 12.1 Å². The van der Waals surface area contributed by atoms with Crippen LogP contribution in [0.3, 0.4) is 0 Å². The quantitative estimate of drug-likeness (QED) is 0.730. The highest BCUT2D eigenvalue weighted by Crippen LogP contribution is 2.26. The van der Waals surface area contributed by atoms with Crippen molar-refractivity contribution in [3.8, 4) is 0 Å². The standard InChI is InChI=1S/C15H24F2N2/c1-4-13(2)19(3)11-10-18-12-15(16,17)14-8-6-5-7-9-14/h5-9,13,18H,4,10-12H2,1-3H3. The molecule has 1 rings (SSSR count). The van der Waals surface area contributed by atoms with Gasteiger partial charge in [-0.15, -0.1) is 0 Å². The molecule has 0 saturated carbocycles. The van der Waals surface area contributed by atoms with Crippen LogP contribution in [0.15, 0.2) is 30.3 Å². The van der Waals surface area contributed by atoms with Crippen molar-refractivity contribution in [1.29, 1.82) is 0 Å². The van der Waals surface area contributed by atoms with Crippen LogP contribution in [0.5, 0.6) is 0 Å². The Morgan fingerprint density at radius 1 is 1.26 bits per heavy atom. The second kappa shape index (κ2) is 7.56. The Morgan fingerprint density at radius 2 is 1.89 bits per heavy atom. The Balaban J connectivity index is 2.33. The Kier molecular flexibility index (Phi) is 6.38. The predicted molar refractivity (Wildman–Crippen MR) is 75.6 cm³/mol. The van der Waals surface area contributed by atoms with Crippen molar-refractivity contribution >= 4 is 0 Å². The monoisotopic (exact) mass is 270 g/mol. The van der Waals surface area contributed by atoms with Crippen molar-refractivity contribution in [2.24, 2.45) is 0 Å². The van der Waals surface area contributed by atoms with Gasteiger partial charge in [-0.1, -0.05) is 37.3 Å². The first-order chi connectivity index (χ1) is 8.97. The third-order valence-corrected chi connectivity index (χ3v) is 3.53. The van der Waals surface area contributed by atoms with Gasteiger partial charge in [0.15, 0.2) is 0 Å². The van der Waals surface area contributed by atoms with E-state index in [1.165, 1.54) is 12.1 Å². The molecule has 0 radical (unpaired) electrons. The van der Waals surface area contributed by atoms with Crippen LogP contribution in [0.1, 0.15) is 25.8 Å². The van der Waals surface area contributed by atoms with E-state index < -0.39 is 5.92 Å². The zero-order valence-corrected chi connectivity index (χ0v) is 12.0. The van der Waals surface area contributed by atoms with Crippen LogP contribution in [0.2, 0.25) is 0 Å². The summed E-state index contributed by atoms with van der Waals surface area (Å²) in [7, 11) is 2.02. The molecule has 1 atom stereocenters. The van der Waals surface area contributed by atoms with E-state index in [9.17, 15) is 8.78 Å². The fraction of sp³-hybridized carbons (Fsp3) is 0.600. The highest BCUT2D eigenvalue weighted by Gasteiger charge is 2.30. The van der Waals surface area contributed by atoms with Gasteiger partial charge in [0.1, 0.15) is 0 Å². The van der Waals surface area contributed by atoms with E-state index in [0.29, 0.717) is 12.6 Å². The summed E-state index contributed by atoms with van der Waals surface area (Å²) >= 11 is 0. The van der Waals surface area contributed by atoms with Gasteiger partial charge in [0.2, 0.25) is 0 Å². The molecule has 0 aliphatic carbocycles. The Morgan fingerprint density at radius 3 is 2.47 bits per heavy atom. The first-order valence-electron chi connectivity index (χ1n) is 6.81. The minimum atomic E-state index is -2.81. The third kappa shape index (κ3) is 5.25. The number of rotatable bonds is 8. The van der Waals surface area contributed by atoms with Crippen molar-refractivity contribution < 1.29 is 8.78 Å². The van der Waals surface area contributed by atoms with Gasteiger partial charge < -0.3 is 10.2 Å². The number of alkyl halides is 2. The first kappa shape index (κ1) is 16.1. The minimum absolute atomic E-state index is 0.0674. The van der Waals surface area contributed by atoms with Gasteiger partial charge >= 0.3 is 0 Å². The lowest BCUT2D eigenvalue weighted by Gasteiger charge is -2.24. The second-order valence-electron chi connectivity index (χ2n) is 4.99. The summed E-state index contributed by atoms with van der Waals surface area (Å²) in [5.74, 6) is -2.81. The van der Waals surface area contributed by atoms with E-state index in [0.717, 1.165) is 13.0 Å². The fourth-order valence-corrected chi connectivity index (χ4v) is 1.82. The van der Waals surface area contributed by atoms with Gasteiger partial charge in [0.25, 0.3) is 5.92 Å². The van der Waals surface area contributed by atoms with Crippen molar-refractivity contribution in [1.82, 2.24) is 10.2 Å². The molecule has 0 aliphatic rings. The van der Waals surface area contributed by atoms with E-state index in [1.54, 1.807) is 18.2 Å². The summed E-state index contributed by atoms with van der Waals surface area (Å²) in [5.41, 5.74) is 0.0674. The number of likely N-dealkylation sites (N-methyl/N-ethyl adjacent to an activating group) is 1. The van der Waals surface area contributed by atoms with Crippen LogP contribution in [-0.4, -0.2) is 37.6 Å². The maximum atomic E-state index is 13.8. The van der Waals surface area contributed by atoms with E-state index in [4.69, 9.17) is 0 Å². The summed E-state index contributed by atoms with van der Waals surface area (Å²) < 4.78 is 27.7. The van der Waals surface area contributed by atoms with Gasteiger partial charge in [-0.05, 0) is 20.4 Å². The van der Waals surface area contributed by atoms with E-state index >= 15 is 0 Å². The Hall–Kier alpha value is -1.00. The molecule has 1 unspecified atom stereocenters. The van der Waals surface area contributed by atoms with Crippen LogP contribution >= 0.6 is 0 Å². The summed E-state index contributed by atoms with van der Waals surface area (Å²) in [6.45, 7) is 5.30. The summed E-state index contributed by atoms with van der Waals surface area (Å²) in [6.07, 6.45) is 1.07. The lowest BCUT2D eigenvalue weighted by molar-refractivity contribution is -0.00344. The van der Waals surface area contributed by atoms with Crippen LogP contribution in [-0.2, 0) is 5.92 Å². The van der Waals surface area contributed by atoms with Crippen molar-refractivity contribution in [3.05, 3.63) is 35.9 Å². The van der Waals surface area contributed by atoms with Crippen molar-refractivity contribution in [2.45, 2.75) is 32.2 Å². The molecule has 19 heavy (non-hydrogen) atoms. The summed E-state index contributed by atoms with van der Waals surface area (Å²) in [4.78, 5) is 2.17. The van der Waals surface area contributed by atoms with E-state index in [2.05, 4.69) is 24.1 Å². The highest BCUT2D eigenvalue weighted by molar-refractivity contribution is 5.20. The molecule has 0 fully saturated rings. The van der Waals surface area contributed by atoms with Gasteiger partial charge in [-0.25, -0.2) is 0 Å². The molecule has 0 amide bonds. The topological polar surface area (TPSA) is 15.3 Å². The van der Waals surface area contributed by atoms with Gasteiger partial charge in [-0.2, -0.15) is 8.78 Å². The first-order valence-corrected chi connectivity index (χ1v) is 6.81. The average molecular weight is 270 g/mol. The Labute approximate surface area is 114 Å². The predicted octanol–water partition coefficient (Wildman–Crippen LogP) is 3.10. The molecular formula is C15H24F2N2. The molecule has 1 aromatic carbocycles. The number of nitrogens with one attached hydrogen (secondary N) is 1. The smallest absolute Gasteiger partial charge is 0.285 e. The molecule has 108 valence electrons. The zero-order chi connectivity index (χ0) is 14.3. The van der Waals surface area contributed by atoms with Crippen LogP contribution in [0, 0.1) is 0 Å². The minimum Gasteiger partial charge on any atom is -0.310 e. The average Bonchev–Trinajstić information content (AvgIpc) is 2.43. The van der Waals surface area contributed by atoms with E-state index in [1.807, 2.05) is 7.05 Å². The molecule has 0 spiro atoms. The van der Waals surface area contributed by atoms with Crippen LogP contribution < -0.4 is 5.32 Å². The molecule has 2 nitrogen and oxygen atoms in total. The number of hydrogen-bond acceptors (Lipinski definition) is 2. The lowest BCUT2D eigenvalue weighted by Crippen LogP contribution is -2.38. The molecule has 0 aliphatic heterocycles. The maximum absolute atomic E-state index is 13.8. The van der Waals surface area contributed by atoms with Crippen LogP contribution in [0.4, 0.5) is 8.78 Å².